The standard InChI is InChI=1S/C33H54O16/c34-31(35)6-7-38-8-9-39-10-11-40-12-13-41-14-15-42-16-17-43-18-19-44-20-21-45-22-23-46-24-25-47-26-27-48-28-29-49-33(37)32(36)30-4-2-1-3-5-30/h1-5H,6-29H2,(H,34,35). The molecule has 0 aliphatic carbocycles. The van der Waals surface area contributed by atoms with E-state index in [1.54, 1.807) is 30.3 Å². The summed E-state index contributed by atoms with van der Waals surface area (Å²) >= 11 is 0. The highest BCUT2D eigenvalue weighted by Crippen LogP contribution is 2.01. The SMILES string of the molecule is O=C(O)CCOCCOCCOCCOCCOCCOCCOCCOCCOCCOCCOCCOC(=O)C(=O)c1ccccc1. The summed E-state index contributed by atoms with van der Waals surface area (Å²) in [6, 6.07) is 8.24. The van der Waals surface area contributed by atoms with Crippen molar-refractivity contribution in [1.29, 1.82) is 0 Å². The minimum atomic E-state index is -0.903. The van der Waals surface area contributed by atoms with Crippen molar-refractivity contribution in [2.75, 3.05) is 152 Å². The first-order valence-corrected chi connectivity index (χ1v) is 16.4. The maximum Gasteiger partial charge on any atom is 0.379 e. The van der Waals surface area contributed by atoms with Crippen LogP contribution in [-0.2, 0) is 66.4 Å². The maximum absolute atomic E-state index is 11.9. The lowest BCUT2D eigenvalue weighted by molar-refractivity contribution is -0.140. The van der Waals surface area contributed by atoms with Crippen LogP contribution in [0.2, 0.25) is 0 Å². The fraction of sp³-hybridized carbons (Fsp3) is 0.727. The molecule has 0 bridgehead atoms. The number of carboxylic acid groups (broad SMARTS) is 1. The quantitative estimate of drug-likeness (QED) is 0.0446. The molecule has 49 heavy (non-hydrogen) atoms. The Morgan fingerprint density at radius 2 is 0.653 bits per heavy atom. The number of benzene rings is 1. The lowest BCUT2D eigenvalue weighted by Gasteiger charge is -2.09. The number of ketones is 1. The van der Waals surface area contributed by atoms with Crippen LogP contribution < -0.4 is 0 Å². The lowest BCUT2D eigenvalue weighted by Crippen LogP contribution is -2.20. The molecule has 1 rings (SSSR count). The normalized spacial score (nSPS) is 11.2. The Morgan fingerprint density at radius 1 is 0.388 bits per heavy atom. The minimum Gasteiger partial charge on any atom is -0.481 e. The summed E-state index contributed by atoms with van der Waals surface area (Å²) in [5.74, 6) is -2.46. The van der Waals surface area contributed by atoms with E-state index >= 15 is 0 Å². The topological polar surface area (TPSA) is 182 Å². The van der Waals surface area contributed by atoms with Crippen LogP contribution in [0.25, 0.3) is 0 Å². The average molecular weight is 707 g/mol. The molecule has 1 aromatic carbocycles. The predicted octanol–water partition coefficient (Wildman–Crippen LogP) is 1.07. The van der Waals surface area contributed by atoms with E-state index in [2.05, 4.69) is 0 Å². The predicted molar refractivity (Wildman–Crippen MR) is 173 cm³/mol. The van der Waals surface area contributed by atoms with Crippen LogP contribution in [0.1, 0.15) is 16.8 Å². The Kier molecular flexibility index (Phi) is 31.9. The number of esters is 1. The van der Waals surface area contributed by atoms with E-state index in [-0.39, 0.29) is 26.2 Å². The molecule has 0 amide bonds. The van der Waals surface area contributed by atoms with Crippen LogP contribution in [0.4, 0.5) is 0 Å². The summed E-state index contributed by atoms with van der Waals surface area (Å²) in [7, 11) is 0. The van der Waals surface area contributed by atoms with Gasteiger partial charge in [-0.05, 0) is 0 Å². The van der Waals surface area contributed by atoms with Crippen molar-refractivity contribution in [3.63, 3.8) is 0 Å². The Hall–Kier alpha value is -2.61. The van der Waals surface area contributed by atoms with Crippen molar-refractivity contribution >= 4 is 17.7 Å². The van der Waals surface area contributed by atoms with Gasteiger partial charge < -0.3 is 61.9 Å². The summed E-state index contributed by atoms with van der Waals surface area (Å²) in [6.07, 6.45) is -0.00983. The van der Waals surface area contributed by atoms with Crippen molar-refractivity contribution in [3.05, 3.63) is 35.9 Å². The van der Waals surface area contributed by atoms with E-state index in [4.69, 9.17) is 61.9 Å². The molecule has 16 nitrogen and oxygen atoms in total. The van der Waals surface area contributed by atoms with Gasteiger partial charge in [0.25, 0.3) is 5.78 Å². The van der Waals surface area contributed by atoms with E-state index in [0.29, 0.717) is 138 Å². The zero-order valence-electron chi connectivity index (χ0n) is 28.4. The van der Waals surface area contributed by atoms with E-state index in [0.717, 1.165) is 0 Å². The van der Waals surface area contributed by atoms with Crippen molar-refractivity contribution in [2.45, 2.75) is 6.42 Å². The molecule has 0 aliphatic rings. The lowest BCUT2D eigenvalue weighted by atomic mass is 10.1. The molecule has 1 N–H and O–H groups in total. The van der Waals surface area contributed by atoms with E-state index in [1.807, 2.05) is 0 Å². The number of carboxylic acids is 1. The first kappa shape index (κ1) is 44.4. The molecule has 282 valence electrons. The molecule has 0 atom stereocenters. The molecule has 1 aromatic rings. The van der Waals surface area contributed by atoms with Crippen LogP contribution in [-0.4, -0.2) is 175 Å². The van der Waals surface area contributed by atoms with Gasteiger partial charge in [-0.1, -0.05) is 30.3 Å². The number of ether oxygens (including phenoxy) is 12. The molecular weight excluding hydrogens is 652 g/mol. The highest BCUT2D eigenvalue weighted by Gasteiger charge is 2.17. The van der Waals surface area contributed by atoms with E-state index < -0.39 is 17.7 Å². The summed E-state index contributed by atoms with van der Waals surface area (Å²) in [5.41, 5.74) is 0.290. The van der Waals surface area contributed by atoms with Gasteiger partial charge in [-0.25, -0.2) is 4.79 Å². The zero-order chi connectivity index (χ0) is 35.3. The molecule has 0 saturated carbocycles. The second kappa shape index (κ2) is 35.2. The summed E-state index contributed by atoms with van der Waals surface area (Å²) in [6.45, 7) is 9.09. The average Bonchev–Trinajstić information content (AvgIpc) is 3.11. The van der Waals surface area contributed by atoms with Crippen molar-refractivity contribution < 1.29 is 76.3 Å². The molecule has 0 unspecified atom stereocenters. The molecule has 0 radical (unpaired) electrons. The smallest absolute Gasteiger partial charge is 0.379 e. The fourth-order valence-corrected chi connectivity index (χ4v) is 3.43. The highest BCUT2D eigenvalue weighted by atomic mass is 16.6. The number of hydrogen-bond acceptors (Lipinski definition) is 15. The van der Waals surface area contributed by atoms with Crippen molar-refractivity contribution in [2.24, 2.45) is 0 Å². The second-order valence-corrected chi connectivity index (χ2v) is 9.71. The van der Waals surface area contributed by atoms with Gasteiger partial charge in [-0.2, -0.15) is 0 Å². The maximum atomic E-state index is 11.9. The Morgan fingerprint density at radius 3 is 0.939 bits per heavy atom. The minimum absolute atomic E-state index is 0.00901. The van der Waals surface area contributed by atoms with Crippen LogP contribution in [0, 0.1) is 0 Å². The summed E-state index contributed by atoms with van der Waals surface area (Å²) < 4.78 is 64.1. The molecule has 0 saturated heterocycles. The molecular formula is C33H54O16. The van der Waals surface area contributed by atoms with Gasteiger partial charge in [0.1, 0.15) is 6.61 Å². The molecule has 0 aromatic heterocycles. The van der Waals surface area contributed by atoms with E-state index in [9.17, 15) is 14.4 Å². The third-order valence-electron chi connectivity index (χ3n) is 5.86. The second-order valence-electron chi connectivity index (χ2n) is 9.71. The number of aliphatic carboxylic acids is 1. The van der Waals surface area contributed by atoms with Crippen molar-refractivity contribution in [3.8, 4) is 0 Å². The Bertz CT molecular complexity index is 904. The molecule has 0 heterocycles. The van der Waals surface area contributed by atoms with Crippen molar-refractivity contribution in [1.82, 2.24) is 0 Å². The first-order valence-electron chi connectivity index (χ1n) is 16.4. The number of carbonyl (C=O) groups excluding carboxylic acids is 2. The first-order chi connectivity index (χ1) is 24.1. The highest BCUT2D eigenvalue weighted by molar-refractivity contribution is 6.40. The number of hydrogen-bond donors (Lipinski definition) is 1. The summed E-state index contributed by atoms with van der Waals surface area (Å²) in [5, 5.41) is 8.49. The third-order valence-corrected chi connectivity index (χ3v) is 5.86. The fourth-order valence-electron chi connectivity index (χ4n) is 3.43. The Labute approximate surface area is 288 Å². The summed E-state index contributed by atoms with van der Waals surface area (Å²) in [4.78, 5) is 33.9. The molecule has 0 fully saturated rings. The van der Waals surface area contributed by atoms with Crippen LogP contribution in [0.5, 0.6) is 0 Å². The van der Waals surface area contributed by atoms with Crippen LogP contribution in [0.3, 0.4) is 0 Å². The largest absolute Gasteiger partial charge is 0.481 e. The number of Topliss-reactive ketones (excluding diaryl/α,β-unsaturated/α-hetero) is 1. The van der Waals surface area contributed by atoms with Gasteiger partial charge in [0.05, 0.1) is 152 Å². The van der Waals surface area contributed by atoms with Gasteiger partial charge in [0.2, 0.25) is 0 Å². The molecule has 0 spiro atoms. The monoisotopic (exact) mass is 706 g/mol. The van der Waals surface area contributed by atoms with Gasteiger partial charge in [-0.15, -0.1) is 0 Å². The van der Waals surface area contributed by atoms with Gasteiger partial charge >= 0.3 is 11.9 Å². The molecule has 16 heteroatoms. The van der Waals surface area contributed by atoms with Crippen LogP contribution in [0.15, 0.2) is 30.3 Å². The van der Waals surface area contributed by atoms with Crippen LogP contribution >= 0.6 is 0 Å². The van der Waals surface area contributed by atoms with Gasteiger partial charge in [0.15, 0.2) is 0 Å². The van der Waals surface area contributed by atoms with E-state index in [1.165, 1.54) is 0 Å². The zero-order valence-corrected chi connectivity index (χ0v) is 28.4. The third kappa shape index (κ3) is 31.1. The number of carbonyl (C=O) groups is 3. The van der Waals surface area contributed by atoms with Gasteiger partial charge in [0, 0.05) is 5.56 Å². The number of rotatable bonds is 38. The molecule has 0 aliphatic heterocycles. The Balaban J connectivity index is 1.66. The van der Waals surface area contributed by atoms with Gasteiger partial charge in [-0.3, -0.25) is 9.59 Å².